The van der Waals surface area contributed by atoms with Crippen LogP contribution in [0.2, 0.25) is 0 Å². The molecule has 28 heteroatoms. The average molecular weight is 1130 g/mol. The molecule has 426 valence electrons. The maximum Gasteiger partial charge on any atom is 0.300 e. The van der Waals surface area contributed by atoms with Gasteiger partial charge in [0.25, 0.3) is 0 Å². The molecule has 0 unspecified atom stereocenters. The fourth-order valence-corrected chi connectivity index (χ4v) is 7.29. The van der Waals surface area contributed by atoms with Crippen LogP contribution >= 0.6 is 0 Å². The van der Waals surface area contributed by atoms with E-state index in [1.165, 1.54) is 60.2 Å². The number of nitrogens with zero attached hydrogens (tertiary/aromatic N) is 11. The number of anilines is 6. The quantitative estimate of drug-likeness (QED) is 0.0292. The van der Waals surface area contributed by atoms with Crippen LogP contribution in [0.5, 0.6) is 17.2 Å². The van der Waals surface area contributed by atoms with Gasteiger partial charge in [-0.3, -0.25) is 40.5 Å². The summed E-state index contributed by atoms with van der Waals surface area (Å²) in [6.07, 6.45) is 4.31. The molecule has 28 nitrogen and oxygen atoms in total. The molecule has 11 aromatic rings. The van der Waals surface area contributed by atoms with E-state index in [9.17, 15) is 50.7 Å². The van der Waals surface area contributed by atoms with Crippen molar-refractivity contribution in [1.29, 1.82) is 0 Å². The number of hydrogen-bond acceptors (Lipinski definition) is 23. The molecule has 5 N–H and O–H groups in total. The van der Waals surface area contributed by atoms with E-state index in [1.807, 2.05) is 113 Å². The smallest absolute Gasteiger partial charge is 0.300 e. The molecule has 11 rings (SSSR count). The largest absolute Gasteiger partial charge is 0.508 e. The third-order valence-corrected chi connectivity index (χ3v) is 11.0. The van der Waals surface area contributed by atoms with Gasteiger partial charge >= 0.3 is 17.1 Å². The molecule has 0 aliphatic heterocycles. The molecular weight excluding hydrogens is 1080 g/mol. The van der Waals surface area contributed by atoms with Crippen LogP contribution < -0.4 is 20.7 Å². The normalized spacial score (nSPS) is 10.3. The second kappa shape index (κ2) is 29.2. The van der Waals surface area contributed by atoms with E-state index < -0.39 is 19.7 Å². The van der Waals surface area contributed by atoms with Crippen molar-refractivity contribution in [3.8, 4) is 22.9 Å². The molecule has 0 fully saturated rings. The first kappa shape index (κ1) is 60.4. The van der Waals surface area contributed by atoms with Crippen LogP contribution in [0, 0.1) is 47.4 Å². The fraction of sp³-hybridized carbons (Fsp3) is 0.127. The lowest BCUT2D eigenvalue weighted by atomic mass is 10.2. The number of non-ortho nitro benzene ring substituents is 3. The summed E-state index contributed by atoms with van der Waals surface area (Å²) in [4.78, 5) is 40.9. The number of nitro benzene ring substituents is 3. The van der Waals surface area contributed by atoms with Crippen LogP contribution in [0.3, 0.4) is 0 Å². The van der Waals surface area contributed by atoms with Crippen molar-refractivity contribution in [3.63, 3.8) is 0 Å². The monoisotopic (exact) mass is 1130 g/mol. The number of aryl methyl sites for hydroxylation is 1. The lowest BCUT2D eigenvalue weighted by Gasteiger charge is -2.08. The molecule has 0 aliphatic carbocycles. The lowest BCUT2D eigenvalue weighted by molar-refractivity contribution is -0.401. The lowest BCUT2D eigenvalue weighted by Crippen LogP contribution is -1.95. The van der Waals surface area contributed by atoms with Crippen LogP contribution in [0.15, 0.2) is 172 Å². The molecule has 0 aliphatic rings. The van der Waals surface area contributed by atoms with E-state index in [4.69, 9.17) is 4.74 Å². The molecule has 4 heterocycles. The van der Waals surface area contributed by atoms with Crippen molar-refractivity contribution in [1.82, 2.24) is 35.5 Å². The molecule has 0 spiro atoms. The molecule has 0 saturated heterocycles. The SMILES string of the molecule is CC.CC.CCOc1ccc(Nc2ccc([N+](=O)[O-])c3nonc23)cc1.Cc1ccc(-n2cccc2/C=C/[N+](=O)[O-])cc1.O=[N+]([O-])c1ccc(Nc2ccc(O)cc2)c2nonc12.O=[N+]([O-])c1ccc(Nc2ccccc2O)c2nonc12. The Balaban J connectivity index is 0.000000175. The van der Waals surface area contributed by atoms with E-state index in [1.54, 1.807) is 36.4 Å². The number of phenolic OH excluding ortho intramolecular Hbond substituents is 2. The predicted molar refractivity (Wildman–Crippen MR) is 308 cm³/mol. The highest BCUT2D eigenvalue weighted by molar-refractivity contribution is 5.97. The van der Waals surface area contributed by atoms with Gasteiger partial charge in [-0.25, -0.2) is 13.9 Å². The minimum Gasteiger partial charge on any atom is -0.508 e. The highest BCUT2D eigenvalue weighted by Crippen LogP contribution is 2.35. The van der Waals surface area contributed by atoms with Gasteiger partial charge in [-0.15, -0.1) is 0 Å². The maximum atomic E-state index is 10.9. The average Bonchev–Trinajstić information content (AvgIpc) is 4.45. The highest BCUT2D eigenvalue weighted by Gasteiger charge is 2.22. The van der Waals surface area contributed by atoms with Gasteiger partial charge in [0.15, 0.2) is 16.6 Å². The zero-order valence-electron chi connectivity index (χ0n) is 45.0. The Morgan fingerprint density at radius 1 is 0.518 bits per heavy atom. The number of nitro groups is 4. The van der Waals surface area contributed by atoms with Crippen LogP contribution in [-0.2, 0) is 0 Å². The first-order valence-electron chi connectivity index (χ1n) is 25.0. The first-order valence-corrected chi connectivity index (χ1v) is 25.0. The zero-order valence-corrected chi connectivity index (χ0v) is 45.0. The topological polar surface area (TPSA) is 380 Å². The predicted octanol–water partition coefficient (Wildman–Crippen LogP) is 13.5. The van der Waals surface area contributed by atoms with Gasteiger partial charge in [-0.2, -0.15) is 0 Å². The zero-order chi connectivity index (χ0) is 60.0. The van der Waals surface area contributed by atoms with E-state index in [-0.39, 0.29) is 56.1 Å². The third kappa shape index (κ3) is 15.7. The summed E-state index contributed by atoms with van der Waals surface area (Å²) in [6, 6.07) is 40.6. The molecule has 0 radical (unpaired) electrons. The van der Waals surface area contributed by atoms with Gasteiger partial charge in [0.1, 0.15) is 17.2 Å². The molecule has 0 saturated carbocycles. The Kier molecular flexibility index (Phi) is 21.3. The second-order valence-corrected chi connectivity index (χ2v) is 16.2. The van der Waals surface area contributed by atoms with E-state index in [0.717, 1.165) is 29.0 Å². The van der Waals surface area contributed by atoms with Gasteiger partial charge in [0.05, 0.1) is 54.7 Å². The molecule has 0 amide bonds. The van der Waals surface area contributed by atoms with Crippen LogP contribution in [0.4, 0.5) is 51.2 Å². The Morgan fingerprint density at radius 2 is 0.952 bits per heavy atom. The summed E-state index contributed by atoms with van der Waals surface area (Å²) in [5, 5.41) is 92.7. The second-order valence-electron chi connectivity index (χ2n) is 16.2. The fourth-order valence-electron chi connectivity index (χ4n) is 7.29. The number of fused-ring (bicyclic) bond motifs is 3. The van der Waals surface area contributed by atoms with Gasteiger partial charge in [-0.1, -0.05) is 57.5 Å². The molecule has 83 heavy (non-hydrogen) atoms. The molecule has 7 aromatic carbocycles. The maximum absolute atomic E-state index is 10.9. The number of para-hydroxylation sites is 2. The van der Waals surface area contributed by atoms with E-state index in [0.29, 0.717) is 40.6 Å². The third-order valence-electron chi connectivity index (χ3n) is 11.0. The Morgan fingerprint density at radius 3 is 1.39 bits per heavy atom. The minimum absolute atomic E-state index is 0.0513. The Bertz CT molecular complexity index is 3970. The number of aromatic nitrogens is 7. The molecule has 4 aromatic heterocycles. The molecule has 0 bridgehead atoms. The number of aromatic hydroxyl groups is 2. The summed E-state index contributed by atoms with van der Waals surface area (Å²) < 4.78 is 21.0. The van der Waals surface area contributed by atoms with E-state index >= 15 is 0 Å². The number of nitrogens with one attached hydrogen (secondary N) is 3. The van der Waals surface area contributed by atoms with Crippen molar-refractivity contribution in [3.05, 3.63) is 210 Å². The number of rotatable bonds is 14. The highest BCUT2D eigenvalue weighted by atomic mass is 16.6. The van der Waals surface area contributed by atoms with Crippen molar-refractivity contribution in [2.24, 2.45) is 0 Å². The minimum atomic E-state index is -0.559. The van der Waals surface area contributed by atoms with Crippen molar-refractivity contribution in [2.45, 2.75) is 41.5 Å². The standard InChI is InChI=1S/C14H12N4O4.C13H12N2O2.2C12H8N4O4.2C2H6/c1-2-21-10-5-3-9(4-6-10)15-11-7-8-12(18(19)20)14-13(11)16-22-17-14;1-11-4-6-13(7-5-11)14-9-2-3-12(14)8-10-15(16)17;17-8-3-1-7(2-4-8)13-9-5-6-10(16(18)19)12-11(9)14-20-15-12;17-10-4-2-1-3-7(10)13-8-5-6-9(16(18)19)12-11(8)14-20-15-12;2*1-2/h3-8,15H,2H2,1H3;2-10H,1H3;2*1-6,13,17H;2*1-2H3/b;10-8+;;;;. The summed E-state index contributed by atoms with van der Waals surface area (Å²) in [6.45, 7) is 12.5. The Hall–Kier alpha value is -11.8. The summed E-state index contributed by atoms with van der Waals surface area (Å²) >= 11 is 0. The summed E-state index contributed by atoms with van der Waals surface area (Å²) in [5.41, 5.74) is 6.99. The molecule has 0 atom stereocenters. The van der Waals surface area contributed by atoms with Crippen molar-refractivity contribution in [2.75, 3.05) is 22.6 Å². The van der Waals surface area contributed by atoms with Gasteiger partial charge in [-0.05, 0) is 148 Å². The number of hydrogen-bond donors (Lipinski definition) is 5. The summed E-state index contributed by atoms with van der Waals surface area (Å²) in [5.74, 6) is 0.966. The van der Waals surface area contributed by atoms with Crippen LogP contribution in [-0.4, -0.2) is 72.0 Å². The number of benzene rings is 7. The number of ether oxygens (including phenoxy) is 1. The van der Waals surface area contributed by atoms with Crippen molar-refractivity contribution < 1.29 is 48.5 Å². The Labute approximate surface area is 469 Å². The molecular formula is C55H52N14O14. The van der Waals surface area contributed by atoms with Gasteiger partial charge < -0.3 is 35.5 Å². The van der Waals surface area contributed by atoms with Gasteiger partial charge in [0.2, 0.25) is 22.8 Å². The van der Waals surface area contributed by atoms with Crippen LogP contribution in [0.1, 0.15) is 45.9 Å². The van der Waals surface area contributed by atoms with E-state index in [2.05, 4.69) is 60.8 Å². The van der Waals surface area contributed by atoms with Crippen LogP contribution in [0.25, 0.3) is 44.9 Å². The first-order chi connectivity index (χ1) is 40.2. The number of phenols is 2. The van der Waals surface area contributed by atoms with Gasteiger partial charge in [0, 0.05) is 47.5 Å². The van der Waals surface area contributed by atoms with Crippen molar-refractivity contribution >= 4 is 90.4 Å². The summed E-state index contributed by atoms with van der Waals surface area (Å²) in [7, 11) is 0.